The summed E-state index contributed by atoms with van der Waals surface area (Å²) in [5.74, 6) is 1.63. The minimum absolute atomic E-state index is 0.0291. The number of hydrogen-bond acceptors (Lipinski definition) is 6. The lowest BCUT2D eigenvalue weighted by molar-refractivity contribution is 0.353. The van der Waals surface area contributed by atoms with Crippen molar-refractivity contribution in [2.24, 2.45) is 14.1 Å². The van der Waals surface area contributed by atoms with Gasteiger partial charge in [-0.15, -0.1) is 0 Å². The molecule has 1 aromatic heterocycles. The van der Waals surface area contributed by atoms with Gasteiger partial charge < -0.3 is 14.4 Å². The fourth-order valence-electron chi connectivity index (χ4n) is 3.37. The number of hydrogen-bond donors (Lipinski definition) is 0. The average Bonchev–Trinajstić information content (AvgIpc) is 2.67. The Morgan fingerprint density at radius 1 is 1.04 bits per heavy atom. The molecule has 8 nitrogen and oxygen atoms in total. The summed E-state index contributed by atoms with van der Waals surface area (Å²) in [5.41, 5.74) is 1.06. The third-order valence-corrected chi connectivity index (χ3v) is 4.76. The quantitative estimate of drug-likeness (QED) is 0.797. The normalized spacial score (nSPS) is 13.1. The van der Waals surface area contributed by atoms with E-state index >= 15 is 0 Å². The second kappa shape index (κ2) is 6.59. The number of nitriles is 1. The fraction of sp³-hybridized carbons (Fsp3) is 0.389. The van der Waals surface area contributed by atoms with Crippen molar-refractivity contribution in [1.29, 1.82) is 5.26 Å². The predicted octanol–water partition coefficient (Wildman–Crippen LogP) is 0.536. The number of benzene rings is 1. The van der Waals surface area contributed by atoms with Gasteiger partial charge >= 0.3 is 5.69 Å². The van der Waals surface area contributed by atoms with Gasteiger partial charge in [-0.2, -0.15) is 5.26 Å². The molecule has 2 aromatic rings. The van der Waals surface area contributed by atoms with E-state index in [2.05, 4.69) is 0 Å². The molecule has 0 atom stereocenters. The topological polar surface area (TPSA) is 89.5 Å². The molecule has 26 heavy (non-hydrogen) atoms. The Labute approximate surface area is 150 Å². The predicted molar refractivity (Wildman–Crippen MR) is 95.9 cm³/mol. The van der Waals surface area contributed by atoms with Gasteiger partial charge in [-0.25, -0.2) is 4.79 Å². The van der Waals surface area contributed by atoms with Crippen LogP contribution >= 0.6 is 0 Å². The van der Waals surface area contributed by atoms with Gasteiger partial charge in [0.15, 0.2) is 17.1 Å². The zero-order valence-electron chi connectivity index (χ0n) is 15.2. The molecule has 0 fully saturated rings. The summed E-state index contributed by atoms with van der Waals surface area (Å²) in [6, 6.07) is 5.79. The zero-order chi connectivity index (χ0) is 19.0. The van der Waals surface area contributed by atoms with E-state index in [0.717, 1.165) is 15.7 Å². The van der Waals surface area contributed by atoms with Crippen LogP contribution in [-0.2, 0) is 27.1 Å². The monoisotopic (exact) mass is 356 g/mol. The lowest BCUT2D eigenvalue weighted by Gasteiger charge is -2.32. The smallest absolute Gasteiger partial charge is 0.332 e. The van der Waals surface area contributed by atoms with Crippen LogP contribution in [0.4, 0.5) is 5.82 Å². The molecular formula is C18H20N4O4. The maximum Gasteiger partial charge on any atom is 0.332 e. The number of methoxy groups -OCH3 is 2. The maximum absolute atomic E-state index is 12.3. The summed E-state index contributed by atoms with van der Waals surface area (Å²) < 4.78 is 13.0. The summed E-state index contributed by atoms with van der Waals surface area (Å²) in [4.78, 5) is 26.5. The van der Waals surface area contributed by atoms with E-state index in [0.29, 0.717) is 36.8 Å². The zero-order valence-corrected chi connectivity index (χ0v) is 15.2. The number of aromatic nitrogens is 2. The highest BCUT2D eigenvalue weighted by Gasteiger charge is 2.25. The minimum Gasteiger partial charge on any atom is -0.493 e. The molecule has 3 rings (SSSR count). The van der Waals surface area contributed by atoms with Crippen molar-refractivity contribution < 1.29 is 9.47 Å². The van der Waals surface area contributed by atoms with Gasteiger partial charge in [-0.05, 0) is 29.7 Å². The van der Waals surface area contributed by atoms with Crippen LogP contribution in [0.25, 0.3) is 0 Å². The van der Waals surface area contributed by atoms with Crippen LogP contribution in [-0.4, -0.2) is 29.9 Å². The summed E-state index contributed by atoms with van der Waals surface area (Å²) in [5, 5.41) is 9.47. The first-order valence-electron chi connectivity index (χ1n) is 8.11. The van der Waals surface area contributed by atoms with Crippen molar-refractivity contribution in [3.05, 3.63) is 49.7 Å². The van der Waals surface area contributed by atoms with Gasteiger partial charge in [0.25, 0.3) is 5.56 Å². The van der Waals surface area contributed by atoms with Gasteiger partial charge in [-0.1, -0.05) is 0 Å². The Balaban J connectivity index is 2.12. The van der Waals surface area contributed by atoms with Crippen LogP contribution in [0.3, 0.4) is 0 Å². The van der Waals surface area contributed by atoms with E-state index in [9.17, 15) is 14.9 Å². The molecule has 1 aromatic carbocycles. The van der Waals surface area contributed by atoms with Crippen molar-refractivity contribution in [3.63, 3.8) is 0 Å². The summed E-state index contributed by atoms with van der Waals surface area (Å²) in [6.45, 7) is 1.04. The molecule has 8 heteroatoms. The minimum atomic E-state index is -0.580. The lowest BCUT2D eigenvalue weighted by atomic mass is 9.98. The van der Waals surface area contributed by atoms with Crippen LogP contribution in [0.2, 0.25) is 0 Å². The summed E-state index contributed by atoms with van der Waals surface area (Å²) in [6.07, 6.45) is 0.698. The Hall–Kier alpha value is -3.21. The van der Waals surface area contributed by atoms with Crippen molar-refractivity contribution in [2.75, 3.05) is 25.7 Å². The molecule has 0 unspecified atom stereocenters. The molecule has 0 saturated heterocycles. The third kappa shape index (κ3) is 2.62. The van der Waals surface area contributed by atoms with Crippen LogP contribution < -0.4 is 25.6 Å². The van der Waals surface area contributed by atoms with E-state index in [1.165, 1.54) is 11.6 Å². The van der Waals surface area contributed by atoms with E-state index < -0.39 is 11.2 Å². The van der Waals surface area contributed by atoms with Crippen LogP contribution in [0.5, 0.6) is 11.5 Å². The van der Waals surface area contributed by atoms with E-state index in [4.69, 9.17) is 9.47 Å². The highest BCUT2D eigenvalue weighted by Crippen LogP contribution is 2.34. The molecule has 2 heterocycles. The van der Waals surface area contributed by atoms with E-state index in [1.54, 1.807) is 21.3 Å². The van der Waals surface area contributed by atoms with E-state index in [-0.39, 0.29) is 5.56 Å². The number of nitrogens with zero attached hydrogens (tertiary/aromatic N) is 4. The standard InChI is InChI=1S/C18H20N4O4/c1-20-16(13(9-19)17(23)21(2)18(20)24)22-6-5-11-7-14(25-3)15(26-4)8-12(11)10-22/h7-8H,5-6,10H2,1-4H3. The molecule has 136 valence electrons. The first-order valence-corrected chi connectivity index (χ1v) is 8.11. The average molecular weight is 356 g/mol. The Morgan fingerprint density at radius 2 is 1.65 bits per heavy atom. The molecule has 0 saturated carbocycles. The Bertz CT molecular complexity index is 1030. The maximum atomic E-state index is 12.3. The van der Waals surface area contributed by atoms with Crippen molar-refractivity contribution in [1.82, 2.24) is 9.13 Å². The molecule has 0 bridgehead atoms. The first-order chi connectivity index (χ1) is 12.4. The molecule has 1 aliphatic heterocycles. The van der Waals surface area contributed by atoms with E-state index in [1.807, 2.05) is 23.1 Å². The molecule has 0 radical (unpaired) electrons. The second-order valence-corrected chi connectivity index (χ2v) is 6.16. The van der Waals surface area contributed by atoms with Gasteiger partial charge in [0, 0.05) is 27.2 Å². The summed E-state index contributed by atoms with van der Waals surface area (Å²) >= 11 is 0. The molecule has 0 amide bonds. The number of anilines is 1. The first kappa shape index (κ1) is 17.6. The second-order valence-electron chi connectivity index (χ2n) is 6.16. The molecule has 0 spiro atoms. The molecule has 0 aliphatic carbocycles. The van der Waals surface area contributed by atoms with Gasteiger partial charge in [0.1, 0.15) is 11.9 Å². The van der Waals surface area contributed by atoms with Crippen LogP contribution in [0.15, 0.2) is 21.7 Å². The highest BCUT2D eigenvalue weighted by molar-refractivity contribution is 5.57. The number of fused-ring (bicyclic) bond motifs is 1. The third-order valence-electron chi connectivity index (χ3n) is 4.76. The van der Waals surface area contributed by atoms with Crippen LogP contribution in [0.1, 0.15) is 16.7 Å². The Kier molecular flexibility index (Phi) is 4.47. The molecular weight excluding hydrogens is 336 g/mol. The van der Waals surface area contributed by atoms with Gasteiger partial charge in [0.05, 0.1) is 14.2 Å². The SMILES string of the molecule is COc1cc2c(cc1OC)CN(c1c(C#N)c(=O)n(C)c(=O)n1C)CC2. The van der Waals surface area contributed by atoms with Crippen molar-refractivity contribution >= 4 is 5.82 Å². The van der Waals surface area contributed by atoms with Crippen molar-refractivity contribution in [3.8, 4) is 17.6 Å². The molecule has 0 N–H and O–H groups in total. The largest absolute Gasteiger partial charge is 0.493 e. The summed E-state index contributed by atoms with van der Waals surface area (Å²) in [7, 11) is 6.11. The number of rotatable bonds is 3. The fourth-order valence-corrected chi connectivity index (χ4v) is 3.37. The van der Waals surface area contributed by atoms with Crippen molar-refractivity contribution in [2.45, 2.75) is 13.0 Å². The Morgan fingerprint density at radius 3 is 2.23 bits per heavy atom. The van der Waals surface area contributed by atoms with Crippen LogP contribution in [0, 0.1) is 11.3 Å². The van der Waals surface area contributed by atoms with Gasteiger partial charge in [-0.3, -0.25) is 13.9 Å². The number of ether oxygens (including phenoxy) is 2. The lowest BCUT2D eigenvalue weighted by Crippen LogP contribution is -2.43. The highest BCUT2D eigenvalue weighted by atomic mass is 16.5. The molecule has 1 aliphatic rings. The van der Waals surface area contributed by atoms with Gasteiger partial charge in [0.2, 0.25) is 0 Å².